The second-order valence-corrected chi connectivity index (χ2v) is 13.5. The van der Waals surface area contributed by atoms with Gasteiger partial charge in [0, 0.05) is 6.07 Å². The largest absolute Gasteiger partial charge is 0.408 e. The van der Waals surface area contributed by atoms with E-state index in [1.807, 2.05) is 0 Å². The van der Waals surface area contributed by atoms with Crippen molar-refractivity contribution in [2.24, 2.45) is 5.73 Å². The summed E-state index contributed by atoms with van der Waals surface area (Å²) in [6, 6.07) is 4.02. The molecule has 2 aromatic carbocycles. The van der Waals surface area contributed by atoms with E-state index < -0.39 is 51.8 Å². The molecular formula is C24H19ClF5N7O3S3. The zero-order valence-electron chi connectivity index (χ0n) is 21.9. The summed E-state index contributed by atoms with van der Waals surface area (Å²) >= 11 is 8.58. The topological polar surface area (TPSA) is 138 Å². The summed E-state index contributed by atoms with van der Waals surface area (Å²) in [5.74, 6) is -2.43. The molecule has 1 atom stereocenters. The molecule has 0 unspecified atom stereocenters. The lowest BCUT2D eigenvalue weighted by molar-refractivity contribution is -0.141. The van der Waals surface area contributed by atoms with E-state index in [-0.39, 0.29) is 49.8 Å². The minimum absolute atomic E-state index is 0.0138. The number of rotatable bonds is 8. The van der Waals surface area contributed by atoms with Crippen LogP contribution in [0.15, 0.2) is 39.5 Å². The lowest BCUT2D eigenvalue weighted by atomic mass is 10.0. The molecule has 0 saturated carbocycles. The van der Waals surface area contributed by atoms with Crippen LogP contribution in [-0.2, 0) is 23.0 Å². The van der Waals surface area contributed by atoms with Gasteiger partial charge in [-0.15, -0.1) is 11.3 Å². The zero-order valence-corrected chi connectivity index (χ0v) is 25.1. The molecule has 10 nitrogen and oxygen atoms in total. The standard InChI is InChI=1S/C24H19ClF5N7O3S3/c1-41-23-33-20-18(42-23)22(38)37(21(32-20)14(31)7-10-5-11(26)8-12(27)6-10)15-4-3-13(25)16-17(15)36(9-24(28,29)30)34-19(16)35-43(2,39)40/h3-6,8,14H,7,9,31H2,1-2H3,(H,34,35)/t14-/m0/s1. The molecule has 0 saturated heterocycles. The molecule has 3 N–H and O–H groups in total. The van der Waals surface area contributed by atoms with Crippen LogP contribution in [0.4, 0.5) is 27.8 Å². The maximum absolute atomic E-state index is 14.0. The fourth-order valence-electron chi connectivity index (χ4n) is 4.49. The summed E-state index contributed by atoms with van der Waals surface area (Å²) in [5, 5.41) is 3.45. The van der Waals surface area contributed by atoms with Crippen LogP contribution in [0.3, 0.4) is 0 Å². The van der Waals surface area contributed by atoms with Crippen molar-refractivity contribution < 1.29 is 30.4 Å². The fourth-order valence-corrected chi connectivity index (χ4v) is 6.65. The Balaban J connectivity index is 1.84. The van der Waals surface area contributed by atoms with Crippen molar-refractivity contribution in [3.63, 3.8) is 0 Å². The SMILES string of the molecule is CSc1nc2nc([C@@H](N)Cc3cc(F)cc(F)c3)n(-c3ccc(Cl)c4c(NS(C)(=O)=O)nn(CC(F)(F)F)c34)c(=O)c2s1. The summed E-state index contributed by atoms with van der Waals surface area (Å²) in [4.78, 5) is 22.8. The molecule has 0 bridgehead atoms. The van der Waals surface area contributed by atoms with Gasteiger partial charge in [-0.05, 0) is 42.5 Å². The summed E-state index contributed by atoms with van der Waals surface area (Å²) < 4.78 is 97.0. The first kappa shape index (κ1) is 31.1. The Morgan fingerprint density at radius 2 is 1.84 bits per heavy atom. The molecule has 0 fully saturated rings. The maximum Gasteiger partial charge on any atom is 0.408 e. The van der Waals surface area contributed by atoms with Gasteiger partial charge >= 0.3 is 6.18 Å². The third kappa shape index (κ3) is 6.47. The van der Waals surface area contributed by atoms with Crippen LogP contribution < -0.4 is 16.0 Å². The summed E-state index contributed by atoms with van der Waals surface area (Å²) in [6.07, 6.45) is -2.55. The van der Waals surface area contributed by atoms with E-state index in [1.54, 1.807) is 6.26 Å². The van der Waals surface area contributed by atoms with Crippen molar-refractivity contribution in [3.8, 4) is 5.69 Å². The van der Waals surface area contributed by atoms with Gasteiger partial charge in [-0.3, -0.25) is 18.8 Å². The Kier molecular flexibility index (Phi) is 8.18. The van der Waals surface area contributed by atoms with Crippen LogP contribution in [-0.4, -0.2) is 51.4 Å². The van der Waals surface area contributed by atoms with Crippen molar-refractivity contribution in [1.82, 2.24) is 24.3 Å². The van der Waals surface area contributed by atoms with E-state index in [1.165, 1.54) is 23.9 Å². The van der Waals surface area contributed by atoms with Gasteiger partial charge in [-0.2, -0.15) is 18.3 Å². The molecule has 5 rings (SSSR count). The lowest BCUT2D eigenvalue weighted by Crippen LogP contribution is -2.30. The number of thiazole rings is 1. The van der Waals surface area contributed by atoms with Crippen molar-refractivity contribution in [1.29, 1.82) is 0 Å². The first-order valence-corrected chi connectivity index (χ1v) is 16.3. The molecule has 5 aromatic rings. The molecule has 0 spiro atoms. The summed E-state index contributed by atoms with van der Waals surface area (Å²) in [7, 11) is -4.03. The average Bonchev–Trinajstić information content (AvgIpc) is 3.44. The van der Waals surface area contributed by atoms with Crippen LogP contribution in [0.1, 0.15) is 17.4 Å². The number of hydrogen-bond donors (Lipinski definition) is 2. The Morgan fingerprint density at radius 3 is 2.44 bits per heavy atom. The fraction of sp³-hybridized carbons (Fsp3) is 0.250. The number of halogens is 6. The molecule has 0 amide bonds. The number of nitrogens with one attached hydrogen (secondary N) is 1. The van der Waals surface area contributed by atoms with E-state index in [4.69, 9.17) is 17.3 Å². The Labute approximate surface area is 252 Å². The second-order valence-electron chi connectivity index (χ2n) is 9.32. The van der Waals surface area contributed by atoms with E-state index in [9.17, 15) is 35.2 Å². The number of alkyl halides is 3. The predicted molar refractivity (Wildman–Crippen MR) is 155 cm³/mol. The molecule has 43 heavy (non-hydrogen) atoms. The first-order chi connectivity index (χ1) is 20.0. The molecule has 0 aliphatic rings. The lowest BCUT2D eigenvalue weighted by Gasteiger charge is -2.19. The molecule has 19 heteroatoms. The van der Waals surface area contributed by atoms with Gasteiger partial charge in [0.15, 0.2) is 15.8 Å². The predicted octanol–water partition coefficient (Wildman–Crippen LogP) is 5.02. The van der Waals surface area contributed by atoms with Crippen molar-refractivity contribution in [2.45, 2.75) is 29.5 Å². The van der Waals surface area contributed by atoms with Gasteiger partial charge in [0.05, 0.1) is 33.9 Å². The highest BCUT2D eigenvalue weighted by Gasteiger charge is 2.33. The van der Waals surface area contributed by atoms with E-state index >= 15 is 0 Å². The number of sulfonamides is 1. The van der Waals surface area contributed by atoms with Gasteiger partial charge in [0.2, 0.25) is 10.0 Å². The van der Waals surface area contributed by atoms with Crippen LogP contribution in [0.25, 0.3) is 26.9 Å². The van der Waals surface area contributed by atoms with Crippen molar-refractivity contribution in [2.75, 3.05) is 17.2 Å². The highest BCUT2D eigenvalue weighted by Crippen LogP contribution is 2.37. The number of benzene rings is 2. The monoisotopic (exact) mass is 679 g/mol. The van der Waals surface area contributed by atoms with Gasteiger partial charge in [0.1, 0.15) is 28.7 Å². The first-order valence-electron chi connectivity index (χ1n) is 12.0. The van der Waals surface area contributed by atoms with Crippen LogP contribution >= 0.6 is 34.7 Å². The van der Waals surface area contributed by atoms with E-state index in [2.05, 4.69) is 19.8 Å². The molecular weight excluding hydrogens is 661 g/mol. The van der Waals surface area contributed by atoms with Gasteiger partial charge < -0.3 is 5.73 Å². The van der Waals surface area contributed by atoms with E-state index in [0.29, 0.717) is 15.1 Å². The Bertz CT molecular complexity index is 2040. The highest BCUT2D eigenvalue weighted by molar-refractivity contribution is 8.00. The number of aromatic nitrogens is 5. The zero-order chi connectivity index (χ0) is 31.4. The molecule has 3 heterocycles. The number of nitrogens with two attached hydrogens (primary N) is 1. The van der Waals surface area contributed by atoms with E-state index in [0.717, 1.165) is 34.3 Å². The minimum atomic E-state index is -4.82. The number of thioether (sulfide) groups is 1. The highest BCUT2D eigenvalue weighted by atomic mass is 35.5. The smallest absolute Gasteiger partial charge is 0.321 e. The number of fused-ring (bicyclic) bond motifs is 2. The third-order valence-corrected chi connectivity index (χ3v) is 8.89. The Hall–Kier alpha value is -3.32. The molecule has 0 radical (unpaired) electrons. The number of nitrogens with zero attached hydrogens (tertiary/aromatic N) is 5. The van der Waals surface area contributed by atoms with Crippen molar-refractivity contribution in [3.05, 3.63) is 68.7 Å². The molecule has 228 valence electrons. The van der Waals surface area contributed by atoms with Crippen molar-refractivity contribution >= 4 is 71.8 Å². The quantitative estimate of drug-likeness (QED) is 0.172. The molecule has 3 aromatic heterocycles. The van der Waals surface area contributed by atoms with Gasteiger partial charge in [0.25, 0.3) is 5.56 Å². The number of anilines is 1. The van der Waals surface area contributed by atoms with Gasteiger partial charge in [-0.1, -0.05) is 23.4 Å². The summed E-state index contributed by atoms with van der Waals surface area (Å²) in [5.41, 5.74) is 5.29. The second kappa shape index (κ2) is 11.3. The molecule has 0 aliphatic heterocycles. The number of hydrogen-bond acceptors (Lipinski definition) is 9. The normalized spacial score (nSPS) is 13.2. The van der Waals surface area contributed by atoms with Crippen LogP contribution in [0.2, 0.25) is 5.02 Å². The minimum Gasteiger partial charge on any atom is -0.321 e. The summed E-state index contributed by atoms with van der Waals surface area (Å²) in [6.45, 7) is -1.67. The van der Waals surface area contributed by atoms with Crippen LogP contribution in [0, 0.1) is 11.6 Å². The van der Waals surface area contributed by atoms with Crippen LogP contribution in [0.5, 0.6) is 0 Å². The average molecular weight is 680 g/mol. The van der Waals surface area contributed by atoms with Gasteiger partial charge in [-0.25, -0.2) is 27.2 Å². The maximum atomic E-state index is 14.0. The molecule has 0 aliphatic carbocycles. The Morgan fingerprint density at radius 1 is 1.16 bits per heavy atom. The third-order valence-electron chi connectivity index (χ3n) is 5.99.